The fourth-order valence-corrected chi connectivity index (χ4v) is 3.58. The first-order chi connectivity index (χ1) is 11.8. The molecule has 6 nitrogen and oxygen atoms in total. The molecule has 25 heavy (non-hydrogen) atoms. The maximum absolute atomic E-state index is 12.3. The van der Waals surface area contributed by atoms with E-state index in [1.54, 1.807) is 6.92 Å². The van der Waals surface area contributed by atoms with Crippen LogP contribution in [0.3, 0.4) is 0 Å². The molecule has 0 fully saturated rings. The van der Waals surface area contributed by atoms with Crippen molar-refractivity contribution in [3.05, 3.63) is 59.7 Å². The Balaban J connectivity index is 2.27. The molecule has 0 saturated carbocycles. The Hall–Kier alpha value is -2.38. The number of benzene rings is 2. The van der Waals surface area contributed by atoms with E-state index in [0.29, 0.717) is 18.7 Å². The molecule has 0 heterocycles. The highest BCUT2D eigenvalue weighted by Crippen LogP contribution is 2.22. The Bertz CT molecular complexity index is 835. The van der Waals surface area contributed by atoms with Crippen LogP contribution >= 0.6 is 0 Å². The second-order valence-electron chi connectivity index (χ2n) is 5.78. The Kier molecular flexibility index (Phi) is 6.17. The summed E-state index contributed by atoms with van der Waals surface area (Å²) in [6.07, 6.45) is 0.641. The quantitative estimate of drug-likeness (QED) is 0.671. The summed E-state index contributed by atoms with van der Waals surface area (Å²) in [4.78, 5) is 11.5. The van der Waals surface area contributed by atoms with Crippen molar-refractivity contribution in [1.82, 2.24) is 4.72 Å². The highest BCUT2D eigenvalue weighted by molar-refractivity contribution is 7.89. The van der Waals surface area contributed by atoms with Crippen LogP contribution in [-0.2, 0) is 16.6 Å². The van der Waals surface area contributed by atoms with Crippen molar-refractivity contribution in [3.63, 3.8) is 0 Å². The number of hydrogen-bond donors (Lipinski definition) is 3. The lowest BCUT2D eigenvalue weighted by Gasteiger charge is -2.14. The van der Waals surface area contributed by atoms with Gasteiger partial charge in [0.05, 0.1) is 10.5 Å². The van der Waals surface area contributed by atoms with E-state index in [4.69, 9.17) is 0 Å². The molecule has 0 saturated heterocycles. The minimum absolute atomic E-state index is 0.0598. The van der Waals surface area contributed by atoms with Crippen LogP contribution in [-0.4, -0.2) is 25.5 Å². The molecule has 134 valence electrons. The number of hydrogen-bond acceptors (Lipinski definition) is 4. The van der Waals surface area contributed by atoms with Gasteiger partial charge in [-0.1, -0.05) is 37.3 Å². The fourth-order valence-electron chi connectivity index (χ4n) is 2.23. The Morgan fingerprint density at radius 1 is 1.16 bits per heavy atom. The third-order valence-electron chi connectivity index (χ3n) is 3.83. The van der Waals surface area contributed by atoms with Crippen molar-refractivity contribution in [2.75, 3.05) is 5.32 Å². The van der Waals surface area contributed by atoms with Gasteiger partial charge in [-0.15, -0.1) is 0 Å². The number of anilines is 1. The number of aromatic carboxylic acids is 1. The normalized spacial score (nSPS) is 12.6. The van der Waals surface area contributed by atoms with Gasteiger partial charge in [-0.25, -0.2) is 17.9 Å². The molecule has 2 aromatic carbocycles. The second kappa shape index (κ2) is 8.13. The second-order valence-corrected chi connectivity index (χ2v) is 7.50. The third kappa shape index (κ3) is 5.04. The average molecular weight is 362 g/mol. The molecule has 0 aliphatic heterocycles. The molecule has 0 aliphatic carbocycles. The molecule has 0 radical (unpaired) electrons. The molecule has 3 N–H and O–H groups in total. The molecule has 0 bridgehead atoms. The van der Waals surface area contributed by atoms with E-state index in [1.807, 2.05) is 37.3 Å². The summed E-state index contributed by atoms with van der Waals surface area (Å²) >= 11 is 0. The first kappa shape index (κ1) is 19.0. The van der Waals surface area contributed by atoms with E-state index < -0.39 is 16.0 Å². The molecule has 7 heteroatoms. The third-order valence-corrected chi connectivity index (χ3v) is 5.41. The van der Waals surface area contributed by atoms with Gasteiger partial charge in [0.25, 0.3) is 0 Å². The number of sulfonamides is 1. The molecule has 2 aromatic rings. The standard InChI is InChI=1S/C18H22N2O4S/c1-3-13(2)20-25(23,24)15-9-10-17(16(11-15)18(21)22)19-12-14-7-5-4-6-8-14/h4-11,13,19-20H,3,12H2,1-2H3,(H,21,22)/t13-/m0/s1. The molecular formula is C18H22N2O4S. The van der Waals surface area contributed by atoms with Gasteiger partial charge < -0.3 is 10.4 Å². The number of rotatable bonds is 8. The highest BCUT2D eigenvalue weighted by Gasteiger charge is 2.20. The lowest BCUT2D eigenvalue weighted by molar-refractivity contribution is 0.0697. The van der Waals surface area contributed by atoms with Gasteiger partial charge in [-0.3, -0.25) is 0 Å². The van der Waals surface area contributed by atoms with E-state index >= 15 is 0 Å². The Morgan fingerprint density at radius 2 is 1.84 bits per heavy atom. The lowest BCUT2D eigenvalue weighted by atomic mass is 10.1. The predicted octanol–water partition coefficient (Wildman–Crippen LogP) is 3.07. The van der Waals surface area contributed by atoms with Crippen LogP contribution in [0.25, 0.3) is 0 Å². The van der Waals surface area contributed by atoms with Crippen molar-refractivity contribution >= 4 is 21.7 Å². The van der Waals surface area contributed by atoms with E-state index in [-0.39, 0.29) is 16.5 Å². The minimum Gasteiger partial charge on any atom is -0.478 e. The smallest absolute Gasteiger partial charge is 0.337 e. The van der Waals surface area contributed by atoms with E-state index in [0.717, 1.165) is 5.56 Å². The van der Waals surface area contributed by atoms with Gasteiger partial charge in [0.1, 0.15) is 0 Å². The molecule has 1 atom stereocenters. The monoisotopic (exact) mass is 362 g/mol. The molecule has 0 aliphatic rings. The maximum atomic E-state index is 12.3. The van der Waals surface area contributed by atoms with E-state index in [1.165, 1.54) is 18.2 Å². The zero-order chi connectivity index (χ0) is 18.4. The first-order valence-electron chi connectivity index (χ1n) is 8.01. The van der Waals surface area contributed by atoms with Gasteiger partial charge in [0.15, 0.2) is 0 Å². The Labute approximate surface area is 147 Å². The zero-order valence-corrected chi connectivity index (χ0v) is 15.0. The van der Waals surface area contributed by atoms with Crippen molar-refractivity contribution < 1.29 is 18.3 Å². The summed E-state index contributed by atoms with van der Waals surface area (Å²) in [5.74, 6) is -1.18. The summed E-state index contributed by atoms with van der Waals surface area (Å²) in [6, 6.07) is 13.4. The molecule has 0 spiro atoms. The van der Waals surface area contributed by atoms with Gasteiger partial charge in [0, 0.05) is 18.3 Å². The van der Waals surface area contributed by atoms with Crippen LogP contribution in [0.15, 0.2) is 53.4 Å². The topological polar surface area (TPSA) is 95.5 Å². The molecule has 2 rings (SSSR count). The van der Waals surface area contributed by atoms with Crippen LogP contribution in [0.5, 0.6) is 0 Å². The predicted molar refractivity (Wildman–Crippen MR) is 97.2 cm³/mol. The maximum Gasteiger partial charge on any atom is 0.337 e. The Morgan fingerprint density at radius 3 is 2.44 bits per heavy atom. The number of carboxylic acids is 1. The lowest BCUT2D eigenvalue weighted by Crippen LogP contribution is -2.32. The van der Waals surface area contributed by atoms with Crippen LogP contribution in [0.4, 0.5) is 5.69 Å². The van der Waals surface area contributed by atoms with Crippen molar-refractivity contribution in [2.24, 2.45) is 0 Å². The number of carboxylic acid groups (broad SMARTS) is 1. The summed E-state index contributed by atoms with van der Waals surface area (Å²) in [7, 11) is -3.75. The summed E-state index contributed by atoms with van der Waals surface area (Å²) in [6.45, 7) is 4.07. The average Bonchev–Trinajstić information content (AvgIpc) is 2.60. The van der Waals surface area contributed by atoms with Crippen molar-refractivity contribution in [3.8, 4) is 0 Å². The minimum atomic E-state index is -3.75. The SMILES string of the molecule is CC[C@H](C)NS(=O)(=O)c1ccc(NCc2ccccc2)c(C(=O)O)c1. The van der Waals surface area contributed by atoms with Crippen LogP contribution in [0, 0.1) is 0 Å². The van der Waals surface area contributed by atoms with Gasteiger partial charge in [-0.05, 0) is 37.1 Å². The van der Waals surface area contributed by atoms with Crippen molar-refractivity contribution in [1.29, 1.82) is 0 Å². The number of carbonyl (C=O) groups is 1. The van der Waals surface area contributed by atoms with Crippen LogP contribution in [0.2, 0.25) is 0 Å². The largest absolute Gasteiger partial charge is 0.478 e. The summed E-state index contributed by atoms with van der Waals surface area (Å²) in [5.41, 5.74) is 1.29. The van der Waals surface area contributed by atoms with E-state index in [2.05, 4.69) is 10.0 Å². The molecule has 0 unspecified atom stereocenters. The zero-order valence-electron chi connectivity index (χ0n) is 14.2. The van der Waals surface area contributed by atoms with Gasteiger partial charge in [-0.2, -0.15) is 0 Å². The first-order valence-corrected chi connectivity index (χ1v) is 9.49. The van der Waals surface area contributed by atoms with Crippen molar-refractivity contribution in [2.45, 2.75) is 37.8 Å². The summed E-state index contributed by atoms with van der Waals surface area (Å²) in [5, 5.41) is 12.5. The fraction of sp³-hybridized carbons (Fsp3) is 0.278. The van der Waals surface area contributed by atoms with Gasteiger partial charge >= 0.3 is 5.97 Å². The van der Waals surface area contributed by atoms with E-state index in [9.17, 15) is 18.3 Å². The number of nitrogens with one attached hydrogen (secondary N) is 2. The molecule has 0 aromatic heterocycles. The molecular weight excluding hydrogens is 340 g/mol. The molecule has 0 amide bonds. The van der Waals surface area contributed by atoms with Crippen LogP contribution < -0.4 is 10.0 Å². The highest BCUT2D eigenvalue weighted by atomic mass is 32.2. The summed E-state index contributed by atoms with van der Waals surface area (Å²) < 4.78 is 27.2. The van der Waals surface area contributed by atoms with Gasteiger partial charge in [0.2, 0.25) is 10.0 Å². The van der Waals surface area contributed by atoms with Crippen LogP contribution in [0.1, 0.15) is 36.2 Å².